The number of nitrogens with one attached hydrogen (secondary N) is 1. The highest BCUT2D eigenvalue weighted by Gasteiger charge is 2.44. The number of rotatable bonds is 4. The minimum Gasteiger partial charge on any atom is -0.400 e. The van der Waals surface area contributed by atoms with Crippen LogP contribution in [-0.2, 0) is 11.8 Å². The van der Waals surface area contributed by atoms with E-state index < -0.39 is 17.3 Å². The lowest BCUT2D eigenvalue weighted by molar-refractivity contribution is -0.137. The van der Waals surface area contributed by atoms with Crippen molar-refractivity contribution in [3.05, 3.63) is 47.3 Å². The standard InChI is InChI=1S/C19H27F3N4O/c1-26(24)11-15(23)17-10-18(27,9-16(25-17)12-3-2-4-12)13-5-7-14(8-6-13)19(20,21)22/h5-8,11-12,16-17,25,27H,2-4,9-10,23-24H2,1H3/b15-11-. The van der Waals surface area contributed by atoms with Crippen LogP contribution in [-0.4, -0.2) is 29.2 Å². The molecule has 1 aliphatic carbocycles. The molecule has 1 saturated heterocycles. The van der Waals surface area contributed by atoms with Gasteiger partial charge in [-0.1, -0.05) is 18.6 Å². The molecule has 1 aromatic rings. The number of nitrogens with zero attached hydrogens (tertiary/aromatic N) is 1. The number of hydrogen-bond donors (Lipinski definition) is 4. The van der Waals surface area contributed by atoms with Crippen LogP contribution in [0.1, 0.15) is 43.2 Å². The molecule has 1 saturated carbocycles. The fraction of sp³-hybridized carbons (Fsp3) is 0.579. The molecule has 5 nitrogen and oxygen atoms in total. The van der Waals surface area contributed by atoms with E-state index in [9.17, 15) is 18.3 Å². The van der Waals surface area contributed by atoms with E-state index in [1.54, 1.807) is 13.2 Å². The first kappa shape index (κ1) is 20.0. The smallest absolute Gasteiger partial charge is 0.400 e. The Labute approximate surface area is 157 Å². The molecule has 2 fully saturated rings. The van der Waals surface area contributed by atoms with Gasteiger partial charge in [0.2, 0.25) is 0 Å². The topological polar surface area (TPSA) is 87.5 Å². The minimum absolute atomic E-state index is 0.0554. The second-order valence-corrected chi connectivity index (χ2v) is 7.83. The molecule has 6 N–H and O–H groups in total. The lowest BCUT2D eigenvalue weighted by Gasteiger charge is -2.47. The Bertz CT molecular complexity index is 685. The van der Waals surface area contributed by atoms with Crippen LogP contribution >= 0.6 is 0 Å². The van der Waals surface area contributed by atoms with Gasteiger partial charge in [-0.25, -0.2) is 5.84 Å². The lowest BCUT2D eigenvalue weighted by Crippen LogP contribution is -2.57. The Balaban J connectivity index is 1.88. The first-order valence-corrected chi connectivity index (χ1v) is 9.19. The van der Waals surface area contributed by atoms with Crippen molar-refractivity contribution in [1.29, 1.82) is 0 Å². The van der Waals surface area contributed by atoms with Crippen LogP contribution in [0.2, 0.25) is 0 Å². The highest BCUT2D eigenvalue weighted by atomic mass is 19.4. The number of halogens is 3. The van der Waals surface area contributed by atoms with Crippen LogP contribution in [0.25, 0.3) is 0 Å². The Kier molecular flexibility index (Phi) is 5.42. The molecule has 8 heteroatoms. The van der Waals surface area contributed by atoms with Gasteiger partial charge in [0.1, 0.15) is 0 Å². The third-order valence-electron chi connectivity index (χ3n) is 5.74. The predicted octanol–water partition coefficient (Wildman–Crippen LogP) is 2.42. The molecule has 0 radical (unpaired) electrons. The monoisotopic (exact) mass is 384 g/mol. The fourth-order valence-electron chi connectivity index (χ4n) is 4.05. The predicted molar refractivity (Wildman–Crippen MR) is 96.8 cm³/mol. The van der Waals surface area contributed by atoms with Crippen LogP contribution in [0.4, 0.5) is 13.2 Å². The van der Waals surface area contributed by atoms with Crippen molar-refractivity contribution >= 4 is 0 Å². The molecule has 0 bridgehead atoms. The average Bonchev–Trinajstić information content (AvgIpc) is 2.51. The zero-order valence-electron chi connectivity index (χ0n) is 15.3. The molecule has 3 rings (SSSR count). The van der Waals surface area contributed by atoms with Gasteiger partial charge in [0, 0.05) is 31.4 Å². The summed E-state index contributed by atoms with van der Waals surface area (Å²) in [6.45, 7) is 0. The molecule has 3 atom stereocenters. The molecule has 1 heterocycles. The van der Waals surface area contributed by atoms with E-state index in [4.69, 9.17) is 11.6 Å². The van der Waals surface area contributed by atoms with Gasteiger partial charge >= 0.3 is 6.18 Å². The van der Waals surface area contributed by atoms with Crippen LogP contribution in [0.15, 0.2) is 36.2 Å². The first-order valence-electron chi connectivity index (χ1n) is 9.19. The number of benzene rings is 1. The summed E-state index contributed by atoms with van der Waals surface area (Å²) in [5.41, 5.74) is 5.18. The van der Waals surface area contributed by atoms with Gasteiger partial charge in [0.25, 0.3) is 0 Å². The van der Waals surface area contributed by atoms with E-state index in [-0.39, 0.29) is 18.5 Å². The average molecular weight is 384 g/mol. The number of aliphatic hydroxyl groups is 1. The summed E-state index contributed by atoms with van der Waals surface area (Å²) in [4.78, 5) is 0. The second kappa shape index (κ2) is 7.33. The number of alkyl halides is 3. The SMILES string of the molecule is CN(N)/C=C(\N)C1CC(O)(c2ccc(C(F)(F)F)cc2)CC(C2CCC2)N1. The maximum Gasteiger partial charge on any atom is 0.416 e. The maximum absolute atomic E-state index is 12.9. The summed E-state index contributed by atoms with van der Waals surface area (Å²) in [5, 5.41) is 16.2. The van der Waals surface area contributed by atoms with Gasteiger partial charge < -0.3 is 21.2 Å². The van der Waals surface area contributed by atoms with E-state index >= 15 is 0 Å². The molecule has 0 aromatic heterocycles. The van der Waals surface area contributed by atoms with Gasteiger partial charge in [-0.05, 0) is 42.9 Å². The summed E-state index contributed by atoms with van der Waals surface area (Å²) < 4.78 is 38.6. The molecule has 0 amide bonds. The zero-order valence-corrected chi connectivity index (χ0v) is 15.3. The van der Waals surface area contributed by atoms with E-state index in [1.807, 2.05) is 0 Å². The molecule has 1 aliphatic heterocycles. The largest absolute Gasteiger partial charge is 0.416 e. The molecule has 2 aliphatic rings. The molecule has 1 aromatic carbocycles. The summed E-state index contributed by atoms with van der Waals surface area (Å²) >= 11 is 0. The second-order valence-electron chi connectivity index (χ2n) is 7.83. The number of piperidine rings is 1. The van der Waals surface area contributed by atoms with E-state index in [0.29, 0.717) is 23.6 Å². The van der Waals surface area contributed by atoms with Gasteiger partial charge in [-0.15, -0.1) is 0 Å². The van der Waals surface area contributed by atoms with Crippen molar-refractivity contribution in [2.75, 3.05) is 7.05 Å². The van der Waals surface area contributed by atoms with Crippen molar-refractivity contribution in [2.24, 2.45) is 17.5 Å². The zero-order chi connectivity index (χ0) is 19.8. The summed E-state index contributed by atoms with van der Waals surface area (Å²) in [7, 11) is 1.65. The van der Waals surface area contributed by atoms with E-state index in [2.05, 4.69) is 5.32 Å². The summed E-state index contributed by atoms with van der Waals surface area (Å²) in [5.74, 6) is 6.09. The summed E-state index contributed by atoms with van der Waals surface area (Å²) in [6, 6.07) is 4.55. The van der Waals surface area contributed by atoms with Gasteiger partial charge in [0.05, 0.1) is 17.2 Å². The molecular weight excluding hydrogens is 357 g/mol. The van der Waals surface area contributed by atoms with Gasteiger partial charge in [-0.2, -0.15) is 13.2 Å². The number of hydrogen-bond acceptors (Lipinski definition) is 5. The first-order chi connectivity index (χ1) is 12.6. The summed E-state index contributed by atoms with van der Waals surface area (Å²) in [6.07, 6.45) is 1.23. The fourth-order valence-corrected chi connectivity index (χ4v) is 4.05. The normalized spacial score (nSPS) is 30.1. The quantitative estimate of drug-likeness (QED) is 0.473. The maximum atomic E-state index is 12.9. The minimum atomic E-state index is -4.40. The molecule has 0 spiro atoms. The van der Waals surface area contributed by atoms with Gasteiger partial charge in [0.15, 0.2) is 0 Å². The molecule has 3 unspecified atom stereocenters. The Morgan fingerprint density at radius 2 is 1.89 bits per heavy atom. The van der Waals surface area contributed by atoms with Crippen LogP contribution in [0.5, 0.6) is 0 Å². The van der Waals surface area contributed by atoms with Crippen molar-refractivity contribution < 1.29 is 18.3 Å². The third-order valence-corrected chi connectivity index (χ3v) is 5.74. The van der Waals surface area contributed by atoms with Crippen LogP contribution in [0, 0.1) is 5.92 Å². The van der Waals surface area contributed by atoms with Crippen LogP contribution < -0.4 is 16.9 Å². The molecule has 150 valence electrons. The van der Waals surface area contributed by atoms with Crippen LogP contribution in [0.3, 0.4) is 0 Å². The third kappa shape index (κ3) is 4.39. The number of hydrazine groups is 1. The Morgan fingerprint density at radius 3 is 2.37 bits per heavy atom. The lowest BCUT2D eigenvalue weighted by atomic mass is 9.70. The highest BCUT2D eigenvalue weighted by Crippen LogP contribution is 2.42. The van der Waals surface area contributed by atoms with Gasteiger partial charge in [-0.3, -0.25) is 0 Å². The molecule has 27 heavy (non-hydrogen) atoms. The van der Waals surface area contributed by atoms with Crippen molar-refractivity contribution in [3.63, 3.8) is 0 Å². The Hall–Kier alpha value is -1.77. The van der Waals surface area contributed by atoms with Crippen molar-refractivity contribution in [3.8, 4) is 0 Å². The van der Waals surface area contributed by atoms with Crippen molar-refractivity contribution in [2.45, 2.75) is 56.0 Å². The number of nitrogens with two attached hydrogens (primary N) is 2. The van der Waals surface area contributed by atoms with Crippen molar-refractivity contribution in [1.82, 2.24) is 10.3 Å². The molecular formula is C19H27F3N4O. The Morgan fingerprint density at radius 1 is 1.26 bits per heavy atom. The van der Waals surface area contributed by atoms with E-state index in [0.717, 1.165) is 31.4 Å². The highest BCUT2D eigenvalue weighted by molar-refractivity contribution is 5.31. The van der Waals surface area contributed by atoms with E-state index in [1.165, 1.54) is 17.1 Å².